The Morgan fingerprint density at radius 2 is 1.84 bits per heavy atom. The van der Waals surface area contributed by atoms with E-state index in [9.17, 15) is 4.79 Å². The van der Waals surface area contributed by atoms with Crippen LogP contribution in [0.1, 0.15) is 43.9 Å². The standard InChI is InChI=1S/C24H22Cl2N4O/c1-13-7-9-14(10-8-13)22-28-23-27-17-11-24(2,3)12-18(31)19(17)21(30(23)29-22)15-5-4-6-16(25)20(15)26/h4-10,21H,11-12H2,1-3H3,(H,27,28,29). The first-order chi connectivity index (χ1) is 14.7. The number of hydrogen-bond acceptors (Lipinski definition) is 4. The molecule has 3 aromatic rings. The molecule has 0 amide bonds. The Balaban J connectivity index is 1.71. The number of ketones is 1. The summed E-state index contributed by atoms with van der Waals surface area (Å²) in [5.74, 6) is 1.29. The van der Waals surface area contributed by atoms with Crippen LogP contribution in [-0.2, 0) is 4.79 Å². The second-order valence-electron chi connectivity index (χ2n) is 9.07. The van der Waals surface area contributed by atoms with Gasteiger partial charge in [-0.15, -0.1) is 5.10 Å². The van der Waals surface area contributed by atoms with Crippen molar-refractivity contribution in [3.05, 3.63) is 74.9 Å². The average molecular weight is 453 g/mol. The number of benzene rings is 2. The lowest BCUT2D eigenvalue weighted by atomic mass is 9.73. The number of Topliss-reactive ketones (excluding diaryl/α,β-unsaturated/α-hetero) is 1. The minimum absolute atomic E-state index is 0.0952. The normalized spacial score (nSPS) is 19.6. The van der Waals surface area contributed by atoms with Crippen molar-refractivity contribution in [1.29, 1.82) is 0 Å². The summed E-state index contributed by atoms with van der Waals surface area (Å²) in [6, 6.07) is 13.1. The number of carbonyl (C=O) groups is 1. The fourth-order valence-electron chi connectivity index (χ4n) is 4.45. The highest BCUT2D eigenvalue weighted by molar-refractivity contribution is 6.42. The Hall–Kier alpha value is -2.63. The number of rotatable bonds is 2. The smallest absolute Gasteiger partial charge is 0.226 e. The second kappa shape index (κ2) is 7.21. The molecule has 1 unspecified atom stereocenters. The summed E-state index contributed by atoms with van der Waals surface area (Å²) in [6.07, 6.45) is 1.21. The molecule has 1 N–H and O–H groups in total. The van der Waals surface area contributed by atoms with Gasteiger partial charge in [0.2, 0.25) is 5.95 Å². The zero-order valence-electron chi connectivity index (χ0n) is 17.5. The zero-order valence-corrected chi connectivity index (χ0v) is 19.1. The number of allylic oxidation sites excluding steroid dienone is 2. The minimum Gasteiger partial charge on any atom is -0.328 e. The van der Waals surface area contributed by atoms with E-state index >= 15 is 0 Å². The average Bonchev–Trinajstić information content (AvgIpc) is 3.12. The van der Waals surface area contributed by atoms with Gasteiger partial charge in [0.1, 0.15) is 6.04 Å². The highest BCUT2D eigenvalue weighted by Gasteiger charge is 2.42. The van der Waals surface area contributed by atoms with Gasteiger partial charge >= 0.3 is 0 Å². The fourth-order valence-corrected chi connectivity index (χ4v) is 4.86. The minimum atomic E-state index is -0.479. The van der Waals surface area contributed by atoms with Crippen LogP contribution in [0.4, 0.5) is 5.95 Å². The lowest BCUT2D eigenvalue weighted by Gasteiger charge is -2.38. The summed E-state index contributed by atoms with van der Waals surface area (Å²) in [5.41, 5.74) is 4.27. The lowest BCUT2D eigenvalue weighted by molar-refractivity contribution is -0.118. The number of carbonyl (C=O) groups excluding carboxylic acids is 1. The molecule has 5 rings (SSSR count). The predicted octanol–water partition coefficient (Wildman–Crippen LogP) is 6.22. The first-order valence-electron chi connectivity index (χ1n) is 10.2. The number of nitrogens with zero attached hydrogens (tertiary/aromatic N) is 3. The molecule has 2 aliphatic rings. The Morgan fingerprint density at radius 1 is 1.10 bits per heavy atom. The third kappa shape index (κ3) is 3.46. The van der Waals surface area contributed by atoms with Crippen molar-refractivity contribution in [3.63, 3.8) is 0 Å². The molecule has 7 heteroatoms. The van der Waals surface area contributed by atoms with Crippen LogP contribution in [0.25, 0.3) is 11.4 Å². The molecule has 158 valence electrons. The molecule has 1 atom stereocenters. The van der Waals surface area contributed by atoms with Crippen LogP contribution in [-0.4, -0.2) is 20.5 Å². The van der Waals surface area contributed by atoms with Crippen molar-refractivity contribution in [3.8, 4) is 11.4 Å². The van der Waals surface area contributed by atoms with E-state index in [0.29, 0.717) is 33.8 Å². The molecule has 0 bridgehead atoms. The predicted molar refractivity (Wildman–Crippen MR) is 123 cm³/mol. The van der Waals surface area contributed by atoms with Crippen molar-refractivity contribution in [2.45, 2.75) is 39.7 Å². The van der Waals surface area contributed by atoms with Crippen molar-refractivity contribution < 1.29 is 4.79 Å². The van der Waals surface area contributed by atoms with Crippen LogP contribution in [0.15, 0.2) is 53.7 Å². The maximum absolute atomic E-state index is 13.3. The zero-order chi connectivity index (χ0) is 21.9. The summed E-state index contributed by atoms with van der Waals surface area (Å²) in [4.78, 5) is 18.1. The van der Waals surface area contributed by atoms with Crippen molar-refractivity contribution in [2.24, 2.45) is 5.41 Å². The molecular weight excluding hydrogens is 431 g/mol. The summed E-state index contributed by atoms with van der Waals surface area (Å²) in [7, 11) is 0. The molecule has 0 radical (unpaired) electrons. The Bertz CT molecular complexity index is 1240. The highest BCUT2D eigenvalue weighted by Crippen LogP contribution is 2.47. The van der Waals surface area contributed by atoms with Crippen molar-refractivity contribution >= 4 is 34.9 Å². The number of aryl methyl sites for hydroxylation is 1. The molecule has 0 saturated carbocycles. The Kier molecular flexibility index (Phi) is 4.72. The largest absolute Gasteiger partial charge is 0.328 e. The summed E-state index contributed by atoms with van der Waals surface area (Å²) in [5, 5.41) is 9.07. The van der Waals surface area contributed by atoms with E-state index in [1.165, 1.54) is 5.56 Å². The van der Waals surface area contributed by atoms with Crippen molar-refractivity contribution in [2.75, 3.05) is 5.32 Å². The first kappa shape index (κ1) is 20.3. The molecule has 1 aliphatic heterocycles. The molecule has 1 aliphatic carbocycles. The number of hydrogen-bond donors (Lipinski definition) is 1. The lowest BCUT2D eigenvalue weighted by Crippen LogP contribution is -2.36. The SMILES string of the molecule is Cc1ccc(-c2nc3n(n2)C(c2cccc(Cl)c2Cl)C2=C(CC(C)(C)CC2=O)N3)cc1. The van der Waals surface area contributed by atoms with Gasteiger partial charge in [0.15, 0.2) is 11.6 Å². The number of aromatic nitrogens is 3. The fraction of sp³-hybridized carbons (Fsp3) is 0.292. The molecule has 1 aromatic heterocycles. The van der Waals surface area contributed by atoms with E-state index in [1.807, 2.05) is 43.3 Å². The summed E-state index contributed by atoms with van der Waals surface area (Å²) < 4.78 is 1.77. The van der Waals surface area contributed by atoms with Gasteiger partial charge in [0, 0.05) is 28.8 Å². The Morgan fingerprint density at radius 3 is 2.58 bits per heavy atom. The maximum atomic E-state index is 13.3. The van der Waals surface area contributed by atoms with Gasteiger partial charge in [-0.1, -0.05) is 79.0 Å². The van der Waals surface area contributed by atoms with Gasteiger partial charge in [0.05, 0.1) is 10.0 Å². The van der Waals surface area contributed by atoms with Gasteiger partial charge in [-0.3, -0.25) is 4.79 Å². The van der Waals surface area contributed by atoms with E-state index in [2.05, 4.69) is 19.2 Å². The van der Waals surface area contributed by atoms with Gasteiger partial charge in [-0.2, -0.15) is 4.98 Å². The van der Waals surface area contributed by atoms with Crippen LogP contribution < -0.4 is 5.32 Å². The molecule has 0 saturated heterocycles. The quantitative estimate of drug-likeness (QED) is 0.501. The summed E-state index contributed by atoms with van der Waals surface area (Å²) >= 11 is 13.0. The van der Waals surface area contributed by atoms with Gasteiger partial charge in [0.25, 0.3) is 0 Å². The molecule has 31 heavy (non-hydrogen) atoms. The molecule has 2 heterocycles. The van der Waals surface area contributed by atoms with Crippen molar-refractivity contribution in [1.82, 2.24) is 14.8 Å². The number of anilines is 1. The van der Waals surface area contributed by atoms with E-state index < -0.39 is 6.04 Å². The van der Waals surface area contributed by atoms with Crippen LogP contribution in [0.5, 0.6) is 0 Å². The third-order valence-electron chi connectivity index (χ3n) is 5.92. The van der Waals surface area contributed by atoms with Crippen LogP contribution in [0, 0.1) is 12.3 Å². The topological polar surface area (TPSA) is 59.8 Å². The van der Waals surface area contributed by atoms with Crippen LogP contribution in [0.2, 0.25) is 10.0 Å². The second-order valence-corrected chi connectivity index (χ2v) is 9.86. The molecule has 2 aromatic carbocycles. The molecule has 0 spiro atoms. The summed E-state index contributed by atoms with van der Waals surface area (Å²) in [6.45, 7) is 6.25. The monoisotopic (exact) mass is 452 g/mol. The molecule has 0 fully saturated rings. The number of halogens is 2. The number of nitrogens with one attached hydrogen (secondary N) is 1. The van der Waals surface area contributed by atoms with E-state index in [-0.39, 0.29) is 11.2 Å². The third-order valence-corrected chi connectivity index (χ3v) is 6.75. The van der Waals surface area contributed by atoms with Gasteiger partial charge in [-0.05, 0) is 24.8 Å². The van der Waals surface area contributed by atoms with Gasteiger partial charge < -0.3 is 5.32 Å². The van der Waals surface area contributed by atoms with E-state index in [0.717, 1.165) is 23.2 Å². The maximum Gasteiger partial charge on any atom is 0.226 e. The first-order valence-corrected chi connectivity index (χ1v) is 11.0. The van der Waals surface area contributed by atoms with Crippen LogP contribution in [0.3, 0.4) is 0 Å². The van der Waals surface area contributed by atoms with E-state index in [4.69, 9.17) is 33.3 Å². The number of fused-ring (bicyclic) bond motifs is 1. The molecule has 5 nitrogen and oxygen atoms in total. The molecular formula is C24H22Cl2N4O. The van der Waals surface area contributed by atoms with E-state index in [1.54, 1.807) is 10.7 Å². The van der Waals surface area contributed by atoms with Gasteiger partial charge in [-0.25, -0.2) is 4.68 Å². The Labute approximate surface area is 191 Å². The highest BCUT2D eigenvalue weighted by atomic mass is 35.5. The van der Waals surface area contributed by atoms with Crippen LogP contribution >= 0.6 is 23.2 Å².